The molecule has 1 aromatic heterocycles. The van der Waals surface area contributed by atoms with Crippen LogP contribution < -0.4 is 0 Å². The van der Waals surface area contributed by atoms with Gasteiger partial charge in [0.15, 0.2) is 0 Å². The lowest BCUT2D eigenvalue weighted by atomic mass is 9.89. The van der Waals surface area contributed by atoms with Crippen molar-refractivity contribution in [3.63, 3.8) is 0 Å². The topological polar surface area (TPSA) is 41.6 Å². The molecular weight excluding hydrogens is 186 g/mol. The van der Waals surface area contributed by atoms with Crippen LogP contribution >= 0.6 is 0 Å². The smallest absolute Gasteiger partial charge is 0.0683 e. The largest absolute Gasteiger partial charge is 0.270 e. The summed E-state index contributed by atoms with van der Waals surface area (Å²) in [6, 6.07) is 4.34. The Hall–Kier alpha value is -1.30. The van der Waals surface area contributed by atoms with Gasteiger partial charge < -0.3 is 0 Å². The van der Waals surface area contributed by atoms with Gasteiger partial charge in [-0.05, 0) is 39.7 Å². The van der Waals surface area contributed by atoms with E-state index in [-0.39, 0.29) is 5.41 Å². The molecule has 0 unspecified atom stereocenters. The number of rotatable bonds is 5. The van der Waals surface area contributed by atoms with Crippen molar-refractivity contribution >= 4 is 0 Å². The highest BCUT2D eigenvalue weighted by molar-refractivity contribution is 4.96. The Kier molecular flexibility index (Phi) is 3.90. The van der Waals surface area contributed by atoms with Crippen LogP contribution in [0.25, 0.3) is 0 Å². The summed E-state index contributed by atoms with van der Waals surface area (Å²) in [5.74, 6) is 0. The summed E-state index contributed by atoms with van der Waals surface area (Å²) in [5.41, 5.74) is 1.02. The highest BCUT2D eigenvalue weighted by Crippen LogP contribution is 2.21. The standard InChI is InChI=1S/C12H19N3/c1-11-6-8-14-15(11)9-5-4-7-12(2,3)10-13/h6,8H,4-5,7,9H2,1-3H3. The van der Waals surface area contributed by atoms with Crippen molar-refractivity contribution in [2.75, 3.05) is 0 Å². The van der Waals surface area contributed by atoms with E-state index in [4.69, 9.17) is 5.26 Å². The molecule has 0 fully saturated rings. The molecule has 82 valence electrons. The number of aryl methyl sites for hydroxylation is 2. The number of aromatic nitrogens is 2. The number of unbranched alkanes of at least 4 members (excludes halogenated alkanes) is 1. The molecule has 0 spiro atoms. The molecule has 1 rings (SSSR count). The summed E-state index contributed by atoms with van der Waals surface area (Å²) in [7, 11) is 0. The summed E-state index contributed by atoms with van der Waals surface area (Å²) in [6.07, 6.45) is 4.96. The SMILES string of the molecule is Cc1ccnn1CCCCC(C)(C)C#N. The van der Waals surface area contributed by atoms with E-state index in [0.717, 1.165) is 25.8 Å². The van der Waals surface area contributed by atoms with Gasteiger partial charge in [0.2, 0.25) is 0 Å². The fourth-order valence-corrected chi connectivity index (χ4v) is 1.52. The molecule has 0 radical (unpaired) electrons. The van der Waals surface area contributed by atoms with Gasteiger partial charge in [-0.25, -0.2) is 0 Å². The molecule has 0 bridgehead atoms. The van der Waals surface area contributed by atoms with Crippen molar-refractivity contribution in [3.05, 3.63) is 18.0 Å². The van der Waals surface area contributed by atoms with Crippen molar-refractivity contribution in [2.45, 2.75) is 46.6 Å². The molecule has 3 heteroatoms. The minimum atomic E-state index is -0.181. The van der Waals surface area contributed by atoms with Crippen LogP contribution in [0.4, 0.5) is 0 Å². The van der Waals surface area contributed by atoms with E-state index in [9.17, 15) is 0 Å². The van der Waals surface area contributed by atoms with Crippen molar-refractivity contribution in [2.24, 2.45) is 5.41 Å². The maximum Gasteiger partial charge on any atom is 0.0683 e. The molecule has 0 saturated carbocycles. The van der Waals surface area contributed by atoms with Crippen LogP contribution in [0.1, 0.15) is 38.8 Å². The number of hydrogen-bond donors (Lipinski definition) is 0. The van der Waals surface area contributed by atoms with Crippen molar-refractivity contribution < 1.29 is 0 Å². The third-order valence-electron chi connectivity index (χ3n) is 2.65. The Morgan fingerprint density at radius 3 is 2.73 bits per heavy atom. The van der Waals surface area contributed by atoms with Gasteiger partial charge in [-0.15, -0.1) is 0 Å². The second-order valence-electron chi connectivity index (χ2n) is 4.65. The normalized spacial score (nSPS) is 11.3. The van der Waals surface area contributed by atoms with Crippen LogP contribution in [0.15, 0.2) is 12.3 Å². The van der Waals surface area contributed by atoms with Crippen LogP contribution in [0.2, 0.25) is 0 Å². The van der Waals surface area contributed by atoms with Gasteiger partial charge >= 0.3 is 0 Å². The predicted molar refractivity (Wildman–Crippen MR) is 60.2 cm³/mol. The molecule has 0 aliphatic rings. The molecule has 1 aromatic rings. The van der Waals surface area contributed by atoms with Crippen molar-refractivity contribution in [3.8, 4) is 6.07 Å². The number of nitrogens with zero attached hydrogens (tertiary/aromatic N) is 3. The molecule has 15 heavy (non-hydrogen) atoms. The molecular formula is C12H19N3. The van der Waals surface area contributed by atoms with E-state index < -0.39 is 0 Å². The zero-order chi connectivity index (χ0) is 11.3. The minimum Gasteiger partial charge on any atom is -0.270 e. The fraction of sp³-hybridized carbons (Fsp3) is 0.667. The van der Waals surface area contributed by atoms with Crippen LogP contribution in [0.3, 0.4) is 0 Å². The molecule has 0 aliphatic carbocycles. The van der Waals surface area contributed by atoms with Crippen molar-refractivity contribution in [1.82, 2.24) is 9.78 Å². The zero-order valence-electron chi connectivity index (χ0n) is 9.82. The maximum atomic E-state index is 8.85. The Bertz CT molecular complexity index is 344. The summed E-state index contributed by atoms with van der Waals surface area (Å²) < 4.78 is 2.01. The zero-order valence-corrected chi connectivity index (χ0v) is 9.82. The van der Waals surface area contributed by atoms with Crippen LogP contribution in [0, 0.1) is 23.7 Å². The van der Waals surface area contributed by atoms with E-state index in [1.54, 1.807) is 0 Å². The fourth-order valence-electron chi connectivity index (χ4n) is 1.52. The quantitative estimate of drug-likeness (QED) is 0.693. The van der Waals surface area contributed by atoms with Crippen molar-refractivity contribution in [1.29, 1.82) is 5.26 Å². The molecule has 0 saturated heterocycles. The molecule has 1 heterocycles. The molecule has 0 aliphatic heterocycles. The summed E-state index contributed by atoms with van der Waals surface area (Å²) >= 11 is 0. The monoisotopic (exact) mass is 205 g/mol. The Balaban J connectivity index is 2.24. The average molecular weight is 205 g/mol. The van der Waals surface area contributed by atoms with Crippen LogP contribution in [-0.4, -0.2) is 9.78 Å². The summed E-state index contributed by atoms with van der Waals surface area (Å²) in [6.45, 7) is 7.00. The lowest BCUT2D eigenvalue weighted by molar-refractivity contribution is 0.410. The van der Waals surface area contributed by atoms with Gasteiger partial charge in [-0.1, -0.05) is 6.42 Å². The minimum absolute atomic E-state index is 0.181. The van der Waals surface area contributed by atoms with Gasteiger partial charge in [0, 0.05) is 18.4 Å². The van der Waals surface area contributed by atoms with Gasteiger partial charge in [0.25, 0.3) is 0 Å². The summed E-state index contributed by atoms with van der Waals surface area (Å²) in [4.78, 5) is 0. The number of hydrogen-bond acceptors (Lipinski definition) is 2. The van der Waals surface area contributed by atoms with Gasteiger partial charge in [0.1, 0.15) is 0 Å². The van der Waals surface area contributed by atoms with E-state index in [1.807, 2.05) is 30.8 Å². The van der Waals surface area contributed by atoms with Gasteiger partial charge in [-0.3, -0.25) is 4.68 Å². The highest BCUT2D eigenvalue weighted by Gasteiger charge is 2.15. The molecule has 0 N–H and O–H groups in total. The second kappa shape index (κ2) is 4.97. The molecule has 3 nitrogen and oxygen atoms in total. The third kappa shape index (κ3) is 3.75. The molecule has 0 atom stereocenters. The first-order valence-corrected chi connectivity index (χ1v) is 5.45. The first kappa shape index (κ1) is 11.8. The van der Waals surface area contributed by atoms with Crippen LogP contribution in [0.5, 0.6) is 0 Å². The maximum absolute atomic E-state index is 8.85. The molecule has 0 aromatic carbocycles. The van der Waals surface area contributed by atoms with Gasteiger partial charge in [0.05, 0.1) is 11.5 Å². The van der Waals surface area contributed by atoms with Gasteiger partial charge in [-0.2, -0.15) is 10.4 Å². The third-order valence-corrected chi connectivity index (χ3v) is 2.65. The Morgan fingerprint density at radius 1 is 1.47 bits per heavy atom. The predicted octanol–water partition coefficient (Wildman–Crippen LogP) is 2.91. The first-order valence-electron chi connectivity index (χ1n) is 5.45. The number of nitriles is 1. The first-order chi connectivity index (χ1) is 7.05. The van der Waals surface area contributed by atoms with Crippen LogP contribution in [-0.2, 0) is 6.54 Å². The summed E-state index contributed by atoms with van der Waals surface area (Å²) in [5, 5.41) is 13.1. The highest BCUT2D eigenvalue weighted by atomic mass is 15.3. The van der Waals surface area contributed by atoms with E-state index in [1.165, 1.54) is 5.69 Å². The van der Waals surface area contributed by atoms with E-state index >= 15 is 0 Å². The lowest BCUT2D eigenvalue weighted by Crippen LogP contribution is -2.08. The Morgan fingerprint density at radius 2 is 2.20 bits per heavy atom. The van der Waals surface area contributed by atoms with E-state index in [2.05, 4.69) is 18.1 Å². The second-order valence-corrected chi connectivity index (χ2v) is 4.65. The average Bonchev–Trinajstić information content (AvgIpc) is 2.59. The lowest BCUT2D eigenvalue weighted by Gasteiger charge is -2.14. The molecule has 0 amide bonds. The van der Waals surface area contributed by atoms with E-state index in [0.29, 0.717) is 0 Å². The Labute approximate surface area is 91.7 Å².